The third-order valence-electron chi connectivity index (χ3n) is 3.77. The van der Waals surface area contributed by atoms with Crippen molar-refractivity contribution in [3.05, 3.63) is 31.9 Å². The molecule has 0 amide bonds. The Morgan fingerprint density at radius 2 is 2.11 bits per heavy atom. The molecule has 2 rings (SSSR count). The maximum Gasteiger partial charge on any atom is 0.282 e. The molecule has 5 heteroatoms. The second-order valence-electron chi connectivity index (χ2n) is 5.38. The number of nitrogens with one attached hydrogen (secondary N) is 1. The van der Waals surface area contributed by atoms with Crippen LogP contribution in [0.25, 0.3) is 0 Å². The van der Waals surface area contributed by atoms with Crippen LogP contribution in [-0.4, -0.2) is 11.0 Å². The Bertz CT molecular complexity index is 465. The predicted octanol–water partition coefficient (Wildman–Crippen LogP) is 4.58. The van der Waals surface area contributed by atoms with Gasteiger partial charge in [-0.05, 0) is 59.9 Å². The first-order valence-electron chi connectivity index (χ1n) is 6.76. The van der Waals surface area contributed by atoms with Crippen molar-refractivity contribution in [2.24, 2.45) is 5.92 Å². The molecule has 1 fully saturated rings. The maximum atomic E-state index is 10.8. The highest BCUT2D eigenvalue weighted by molar-refractivity contribution is 14.1. The molecule has 1 aliphatic rings. The van der Waals surface area contributed by atoms with Crippen LogP contribution in [0.5, 0.6) is 0 Å². The molecule has 2 unspecified atom stereocenters. The monoisotopic (exact) mass is 374 g/mol. The number of benzene rings is 1. The zero-order valence-electron chi connectivity index (χ0n) is 11.1. The van der Waals surface area contributed by atoms with E-state index in [1.165, 1.54) is 32.1 Å². The molecule has 0 aliphatic heterocycles. The number of hydrogen-bond acceptors (Lipinski definition) is 3. The third-order valence-corrected chi connectivity index (χ3v) is 4.64. The average molecular weight is 374 g/mol. The fourth-order valence-electron chi connectivity index (χ4n) is 2.61. The van der Waals surface area contributed by atoms with E-state index in [1.54, 1.807) is 6.07 Å². The number of nitro groups is 1. The third kappa shape index (κ3) is 4.06. The van der Waals surface area contributed by atoms with E-state index >= 15 is 0 Å². The second kappa shape index (κ2) is 6.54. The normalized spacial score (nSPS) is 23.7. The van der Waals surface area contributed by atoms with Crippen molar-refractivity contribution in [1.29, 1.82) is 0 Å². The van der Waals surface area contributed by atoms with Crippen LogP contribution in [0.2, 0.25) is 0 Å². The summed E-state index contributed by atoms with van der Waals surface area (Å²) in [4.78, 5) is 10.5. The molecule has 0 saturated heterocycles. The first-order valence-corrected chi connectivity index (χ1v) is 7.84. The van der Waals surface area contributed by atoms with Crippen molar-refractivity contribution in [3.63, 3.8) is 0 Å². The quantitative estimate of drug-likeness (QED) is 0.365. The molecule has 1 aromatic carbocycles. The minimum absolute atomic E-state index is 0.181. The van der Waals surface area contributed by atoms with Crippen LogP contribution < -0.4 is 5.32 Å². The summed E-state index contributed by atoms with van der Waals surface area (Å²) >= 11 is 2.02. The van der Waals surface area contributed by atoms with E-state index in [4.69, 9.17) is 0 Å². The smallest absolute Gasteiger partial charge is 0.282 e. The summed E-state index contributed by atoms with van der Waals surface area (Å²) in [5.41, 5.74) is 1.18. The predicted molar refractivity (Wildman–Crippen MR) is 85.5 cm³/mol. The maximum absolute atomic E-state index is 10.8. The highest BCUT2D eigenvalue weighted by atomic mass is 127. The van der Waals surface area contributed by atoms with Crippen molar-refractivity contribution < 1.29 is 4.92 Å². The van der Waals surface area contributed by atoms with Crippen LogP contribution in [0.4, 0.5) is 11.4 Å². The van der Waals surface area contributed by atoms with Crippen molar-refractivity contribution >= 4 is 34.0 Å². The summed E-state index contributed by atoms with van der Waals surface area (Å²) in [6.45, 7) is 2.32. The zero-order chi connectivity index (χ0) is 13.8. The zero-order valence-corrected chi connectivity index (χ0v) is 13.2. The Balaban J connectivity index is 2.03. The van der Waals surface area contributed by atoms with E-state index in [0.717, 1.165) is 11.6 Å². The minimum atomic E-state index is -0.334. The van der Waals surface area contributed by atoms with E-state index in [1.807, 2.05) is 34.7 Å². The highest BCUT2D eigenvalue weighted by Gasteiger charge is 2.17. The minimum Gasteiger partial charge on any atom is -0.382 e. The van der Waals surface area contributed by atoms with Crippen LogP contribution in [0, 0.1) is 19.6 Å². The standard InChI is InChI=1S/C14H19IN2O2/c1-10-3-2-4-11(6-5-10)16-12-7-8-14(17(18)19)13(15)9-12/h7-11,16H,2-6H2,1H3. The van der Waals surface area contributed by atoms with E-state index in [9.17, 15) is 10.1 Å². The lowest BCUT2D eigenvalue weighted by Gasteiger charge is -2.18. The van der Waals surface area contributed by atoms with Gasteiger partial charge in [0.1, 0.15) is 0 Å². The molecule has 1 N–H and O–H groups in total. The van der Waals surface area contributed by atoms with Gasteiger partial charge in [-0.1, -0.05) is 19.8 Å². The lowest BCUT2D eigenvalue weighted by molar-refractivity contribution is -0.385. The Morgan fingerprint density at radius 1 is 1.32 bits per heavy atom. The number of anilines is 1. The van der Waals surface area contributed by atoms with Gasteiger partial charge in [-0.2, -0.15) is 0 Å². The van der Waals surface area contributed by atoms with Gasteiger partial charge in [0.25, 0.3) is 5.69 Å². The molecule has 2 atom stereocenters. The molecule has 104 valence electrons. The van der Waals surface area contributed by atoms with E-state index in [0.29, 0.717) is 9.61 Å². The van der Waals surface area contributed by atoms with Gasteiger partial charge in [-0.15, -0.1) is 0 Å². The van der Waals surface area contributed by atoms with Crippen LogP contribution in [0.3, 0.4) is 0 Å². The number of nitrogens with zero attached hydrogens (tertiary/aromatic N) is 1. The first-order chi connectivity index (χ1) is 9.06. The van der Waals surface area contributed by atoms with Gasteiger partial charge in [-0.3, -0.25) is 10.1 Å². The molecule has 0 radical (unpaired) electrons. The Hall–Kier alpha value is -0.850. The van der Waals surface area contributed by atoms with Crippen LogP contribution in [-0.2, 0) is 0 Å². The topological polar surface area (TPSA) is 55.2 Å². The summed E-state index contributed by atoms with van der Waals surface area (Å²) in [5.74, 6) is 0.823. The summed E-state index contributed by atoms with van der Waals surface area (Å²) < 4.78 is 0.689. The fourth-order valence-corrected chi connectivity index (χ4v) is 3.32. The van der Waals surface area contributed by atoms with Crippen molar-refractivity contribution in [1.82, 2.24) is 0 Å². The van der Waals surface area contributed by atoms with Crippen molar-refractivity contribution in [2.45, 2.75) is 45.1 Å². The molecular formula is C14H19IN2O2. The van der Waals surface area contributed by atoms with Gasteiger partial charge in [0, 0.05) is 17.8 Å². The van der Waals surface area contributed by atoms with E-state index in [2.05, 4.69) is 12.2 Å². The summed E-state index contributed by atoms with van der Waals surface area (Å²) in [6.07, 6.45) is 6.23. The molecular weight excluding hydrogens is 355 g/mol. The fraction of sp³-hybridized carbons (Fsp3) is 0.571. The number of halogens is 1. The molecule has 1 aliphatic carbocycles. The number of nitro benzene ring substituents is 1. The van der Waals surface area contributed by atoms with Crippen molar-refractivity contribution in [3.8, 4) is 0 Å². The van der Waals surface area contributed by atoms with Gasteiger partial charge >= 0.3 is 0 Å². The van der Waals surface area contributed by atoms with Gasteiger partial charge < -0.3 is 5.32 Å². The molecule has 0 aromatic heterocycles. The summed E-state index contributed by atoms with van der Waals surface area (Å²) in [5, 5.41) is 14.3. The lowest BCUT2D eigenvalue weighted by Crippen LogP contribution is -2.18. The number of rotatable bonds is 3. The second-order valence-corrected chi connectivity index (χ2v) is 6.54. The largest absolute Gasteiger partial charge is 0.382 e. The van der Waals surface area contributed by atoms with Gasteiger partial charge in [0.15, 0.2) is 0 Å². The van der Waals surface area contributed by atoms with Gasteiger partial charge in [-0.25, -0.2) is 0 Å². The Morgan fingerprint density at radius 3 is 2.79 bits per heavy atom. The highest BCUT2D eigenvalue weighted by Crippen LogP contribution is 2.28. The van der Waals surface area contributed by atoms with Gasteiger partial charge in [0.05, 0.1) is 8.49 Å². The number of hydrogen-bond donors (Lipinski definition) is 1. The average Bonchev–Trinajstić information content (AvgIpc) is 2.54. The SMILES string of the molecule is CC1CCCC(Nc2ccc([N+](=O)[O-])c(I)c2)CC1. The molecule has 0 heterocycles. The molecule has 19 heavy (non-hydrogen) atoms. The Kier molecular flexibility index (Phi) is 5.01. The summed E-state index contributed by atoms with van der Waals surface area (Å²) in [6, 6.07) is 5.77. The molecule has 1 saturated carbocycles. The molecule has 0 spiro atoms. The Labute approximate surface area is 127 Å². The first kappa shape index (κ1) is 14.6. The lowest BCUT2D eigenvalue weighted by atomic mass is 10.0. The van der Waals surface area contributed by atoms with E-state index in [-0.39, 0.29) is 10.6 Å². The van der Waals surface area contributed by atoms with Crippen LogP contribution >= 0.6 is 22.6 Å². The van der Waals surface area contributed by atoms with Gasteiger partial charge in [0.2, 0.25) is 0 Å². The molecule has 1 aromatic rings. The summed E-state index contributed by atoms with van der Waals surface area (Å²) in [7, 11) is 0. The van der Waals surface area contributed by atoms with Crippen LogP contribution in [0.1, 0.15) is 39.0 Å². The molecule has 0 bridgehead atoms. The van der Waals surface area contributed by atoms with E-state index < -0.39 is 0 Å². The van der Waals surface area contributed by atoms with Crippen LogP contribution in [0.15, 0.2) is 18.2 Å². The molecule has 4 nitrogen and oxygen atoms in total. The van der Waals surface area contributed by atoms with Crippen molar-refractivity contribution in [2.75, 3.05) is 5.32 Å².